The minimum absolute atomic E-state index is 0.100. The van der Waals surface area contributed by atoms with Crippen LogP contribution in [0.5, 0.6) is 0 Å². The smallest absolute Gasteiger partial charge is 0.247 e. The summed E-state index contributed by atoms with van der Waals surface area (Å²) in [5, 5.41) is 1.97. The van der Waals surface area contributed by atoms with Gasteiger partial charge in [-0.15, -0.1) is 11.3 Å². The Hall–Kier alpha value is -2.30. The van der Waals surface area contributed by atoms with Gasteiger partial charge in [0.1, 0.15) is 12.1 Å². The third kappa shape index (κ3) is 2.92. The average Bonchev–Trinajstić information content (AvgIpc) is 3.11. The topological polar surface area (TPSA) is 99.3 Å². The van der Waals surface area contributed by atoms with Gasteiger partial charge in [-0.2, -0.15) is 4.31 Å². The van der Waals surface area contributed by atoms with E-state index in [0.717, 1.165) is 16.0 Å². The first-order chi connectivity index (χ1) is 12.1. The van der Waals surface area contributed by atoms with Crippen LogP contribution in [0.3, 0.4) is 0 Å². The summed E-state index contributed by atoms with van der Waals surface area (Å²) in [5.41, 5.74) is 0.575. The van der Waals surface area contributed by atoms with E-state index in [2.05, 4.69) is 19.9 Å². The molecule has 8 nitrogen and oxygen atoms in total. The van der Waals surface area contributed by atoms with E-state index in [9.17, 15) is 13.2 Å². The van der Waals surface area contributed by atoms with Gasteiger partial charge in [-0.3, -0.25) is 4.79 Å². The number of thiophene rings is 1. The lowest BCUT2D eigenvalue weighted by Crippen LogP contribution is -2.49. The summed E-state index contributed by atoms with van der Waals surface area (Å²) in [6.07, 6.45) is 2.78. The number of pyridine rings is 1. The SMILES string of the molecule is O=c1ccc(S(=O)(=O)N2CCN(c3ncnc4ccsc34)CC2)c[nH]1. The van der Waals surface area contributed by atoms with Crippen molar-refractivity contribution in [2.24, 2.45) is 0 Å². The Morgan fingerprint density at radius 3 is 2.60 bits per heavy atom. The first-order valence-corrected chi connectivity index (χ1v) is 10.00. The van der Waals surface area contributed by atoms with Gasteiger partial charge in [-0.25, -0.2) is 18.4 Å². The highest BCUT2D eigenvalue weighted by atomic mass is 32.2. The molecule has 0 spiro atoms. The van der Waals surface area contributed by atoms with E-state index in [-0.39, 0.29) is 10.5 Å². The molecule has 1 aliphatic heterocycles. The molecule has 1 fully saturated rings. The maximum absolute atomic E-state index is 12.7. The summed E-state index contributed by atoms with van der Waals surface area (Å²) >= 11 is 1.58. The molecule has 10 heteroatoms. The van der Waals surface area contributed by atoms with Crippen molar-refractivity contribution in [3.8, 4) is 0 Å². The minimum atomic E-state index is -3.61. The summed E-state index contributed by atoms with van der Waals surface area (Å²) in [5.74, 6) is 0.848. The van der Waals surface area contributed by atoms with Crippen LogP contribution in [0, 0.1) is 0 Å². The van der Waals surface area contributed by atoms with Crippen molar-refractivity contribution in [1.29, 1.82) is 0 Å². The Labute approximate surface area is 147 Å². The van der Waals surface area contributed by atoms with Gasteiger partial charge in [-0.1, -0.05) is 0 Å². The Morgan fingerprint density at radius 1 is 1.08 bits per heavy atom. The van der Waals surface area contributed by atoms with Crippen LogP contribution >= 0.6 is 11.3 Å². The van der Waals surface area contributed by atoms with Crippen LogP contribution < -0.4 is 10.5 Å². The molecule has 0 unspecified atom stereocenters. The predicted octanol–water partition coefficient (Wildman–Crippen LogP) is 0.890. The van der Waals surface area contributed by atoms with Crippen molar-refractivity contribution < 1.29 is 8.42 Å². The number of fused-ring (bicyclic) bond motifs is 1. The predicted molar refractivity (Wildman–Crippen MR) is 95.4 cm³/mol. The third-order valence-corrected chi connectivity index (χ3v) is 6.95. The molecule has 0 aromatic carbocycles. The molecule has 0 aliphatic carbocycles. The fraction of sp³-hybridized carbons (Fsp3) is 0.267. The van der Waals surface area contributed by atoms with Gasteiger partial charge in [0.05, 0.1) is 15.1 Å². The lowest BCUT2D eigenvalue weighted by molar-refractivity contribution is 0.384. The summed E-state index contributed by atoms with van der Waals surface area (Å²) in [7, 11) is -3.61. The van der Waals surface area contributed by atoms with Crippen LogP contribution in [-0.2, 0) is 10.0 Å². The zero-order valence-electron chi connectivity index (χ0n) is 13.1. The number of aromatic nitrogens is 3. The van der Waals surface area contributed by atoms with E-state index in [1.165, 1.54) is 29.0 Å². The lowest BCUT2D eigenvalue weighted by Gasteiger charge is -2.34. The molecule has 130 valence electrons. The molecule has 4 heterocycles. The van der Waals surface area contributed by atoms with Crippen LogP contribution in [0.4, 0.5) is 5.82 Å². The van der Waals surface area contributed by atoms with Gasteiger partial charge >= 0.3 is 0 Å². The third-order valence-electron chi connectivity index (χ3n) is 4.16. The number of aromatic amines is 1. The normalized spacial score (nSPS) is 16.4. The van der Waals surface area contributed by atoms with Crippen LogP contribution in [0.15, 0.2) is 45.8 Å². The number of piperazine rings is 1. The zero-order chi connectivity index (χ0) is 17.4. The molecular formula is C15H15N5O3S2. The molecule has 0 saturated carbocycles. The number of hydrogen-bond donors (Lipinski definition) is 1. The molecule has 25 heavy (non-hydrogen) atoms. The molecule has 0 radical (unpaired) electrons. The van der Waals surface area contributed by atoms with Gasteiger partial charge in [0.25, 0.3) is 0 Å². The lowest BCUT2D eigenvalue weighted by atomic mass is 10.3. The van der Waals surface area contributed by atoms with E-state index in [1.807, 2.05) is 11.4 Å². The van der Waals surface area contributed by atoms with Gasteiger partial charge in [0.2, 0.25) is 15.6 Å². The number of rotatable bonds is 3. The molecule has 0 atom stereocenters. The second-order valence-corrected chi connectivity index (χ2v) is 8.47. The molecule has 1 N–H and O–H groups in total. The first kappa shape index (κ1) is 16.2. The molecule has 4 rings (SSSR count). The van der Waals surface area contributed by atoms with Crippen LogP contribution in [0.25, 0.3) is 10.2 Å². The monoisotopic (exact) mass is 377 g/mol. The highest BCUT2D eigenvalue weighted by Crippen LogP contribution is 2.29. The van der Waals surface area contributed by atoms with Crippen LogP contribution in [0.2, 0.25) is 0 Å². The van der Waals surface area contributed by atoms with Crippen molar-refractivity contribution in [1.82, 2.24) is 19.3 Å². The van der Waals surface area contributed by atoms with Crippen molar-refractivity contribution in [2.75, 3.05) is 31.1 Å². The van der Waals surface area contributed by atoms with Crippen molar-refractivity contribution in [2.45, 2.75) is 4.90 Å². The Balaban J connectivity index is 1.54. The quantitative estimate of drug-likeness (QED) is 0.728. The Morgan fingerprint density at radius 2 is 1.88 bits per heavy atom. The highest BCUT2D eigenvalue weighted by molar-refractivity contribution is 7.89. The summed E-state index contributed by atoms with van der Waals surface area (Å²) in [4.78, 5) is 24.3. The Bertz CT molecular complexity index is 1050. The van der Waals surface area contributed by atoms with E-state index >= 15 is 0 Å². The summed E-state index contributed by atoms with van der Waals surface area (Å²) in [6, 6.07) is 4.50. The van der Waals surface area contributed by atoms with E-state index in [4.69, 9.17) is 0 Å². The van der Waals surface area contributed by atoms with Crippen molar-refractivity contribution in [3.05, 3.63) is 46.5 Å². The number of nitrogens with zero attached hydrogens (tertiary/aromatic N) is 4. The van der Waals surface area contributed by atoms with Crippen LogP contribution in [0.1, 0.15) is 0 Å². The maximum Gasteiger partial charge on any atom is 0.247 e. The Kier molecular flexibility index (Phi) is 4.02. The fourth-order valence-electron chi connectivity index (χ4n) is 2.85. The second kappa shape index (κ2) is 6.21. The first-order valence-electron chi connectivity index (χ1n) is 7.68. The van der Waals surface area contributed by atoms with Gasteiger partial charge in [0.15, 0.2) is 0 Å². The number of H-pyrrole nitrogens is 1. The van der Waals surface area contributed by atoms with Crippen molar-refractivity contribution in [3.63, 3.8) is 0 Å². The van der Waals surface area contributed by atoms with E-state index in [0.29, 0.717) is 26.2 Å². The van der Waals surface area contributed by atoms with Crippen molar-refractivity contribution >= 4 is 37.4 Å². The highest BCUT2D eigenvalue weighted by Gasteiger charge is 2.29. The van der Waals surface area contributed by atoms with Gasteiger partial charge < -0.3 is 9.88 Å². The molecule has 3 aromatic rings. The number of hydrogen-bond acceptors (Lipinski definition) is 7. The van der Waals surface area contributed by atoms with E-state index in [1.54, 1.807) is 11.3 Å². The molecule has 0 bridgehead atoms. The largest absolute Gasteiger partial charge is 0.353 e. The number of anilines is 1. The standard InChI is InChI=1S/C15H15N5O3S2/c21-13-2-1-11(9-16-13)25(22,23)20-6-4-19(5-7-20)15-14-12(3-8-24-14)17-10-18-15/h1-3,8-10H,4-7H2,(H,16,21). The summed E-state index contributed by atoms with van der Waals surface area (Å²) in [6.45, 7) is 1.82. The number of sulfonamides is 1. The van der Waals surface area contributed by atoms with Crippen LogP contribution in [-0.4, -0.2) is 53.9 Å². The maximum atomic E-state index is 12.7. The van der Waals surface area contributed by atoms with Gasteiger partial charge in [-0.05, 0) is 17.5 Å². The molecular weight excluding hydrogens is 362 g/mol. The van der Waals surface area contributed by atoms with E-state index < -0.39 is 10.0 Å². The zero-order valence-corrected chi connectivity index (χ0v) is 14.8. The average molecular weight is 377 g/mol. The number of nitrogens with one attached hydrogen (secondary N) is 1. The summed E-state index contributed by atoms with van der Waals surface area (Å²) < 4.78 is 27.8. The molecule has 0 amide bonds. The molecule has 3 aromatic heterocycles. The fourth-order valence-corrected chi connectivity index (χ4v) is 5.10. The van der Waals surface area contributed by atoms with Gasteiger partial charge in [0, 0.05) is 38.4 Å². The molecule has 1 aliphatic rings. The molecule has 1 saturated heterocycles. The second-order valence-electron chi connectivity index (χ2n) is 5.61. The minimum Gasteiger partial charge on any atom is -0.353 e.